The van der Waals surface area contributed by atoms with E-state index in [2.05, 4.69) is 63.3 Å². The normalized spacial score (nSPS) is 17.6. The number of halogens is 1. The zero-order valence-corrected chi connectivity index (χ0v) is 19.8. The predicted molar refractivity (Wildman–Crippen MR) is 131 cm³/mol. The van der Waals surface area contributed by atoms with E-state index < -0.39 is 5.97 Å². The fraction of sp³-hybridized carbons (Fsp3) is 0.296. The highest BCUT2D eigenvalue weighted by molar-refractivity contribution is 9.10. The van der Waals surface area contributed by atoms with Crippen LogP contribution in [0.5, 0.6) is 5.75 Å². The average molecular weight is 494 g/mol. The summed E-state index contributed by atoms with van der Waals surface area (Å²) >= 11 is 3.62. The van der Waals surface area contributed by atoms with Gasteiger partial charge in [0.2, 0.25) is 0 Å². The molecule has 1 N–H and O–H groups in total. The Morgan fingerprint density at radius 1 is 1.09 bits per heavy atom. The first-order valence-corrected chi connectivity index (χ1v) is 11.9. The van der Waals surface area contributed by atoms with Crippen LogP contribution >= 0.6 is 15.9 Å². The fourth-order valence-corrected chi connectivity index (χ4v) is 4.92. The first-order valence-electron chi connectivity index (χ1n) is 11.1. The molecule has 4 rings (SSSR count). The second kappa shape index (κ2) is 10.3. The van der Waals surface area contributed by atoms with Crippen molar-refractivity contribution in [2.45, 2.75) is 25.8 Å². The van der Waals surface area contributed by atoms with Crippen LogP contribution in [0.3, 0.4) is 0 Å². The van der Waals surface area contributed by atoms with Gasteiger partial charge in [-0.15, -0.1) is 0 Å². The predicted octanol–water partition coefficient (Wildman–Crippen LogP) is 6.40. The standard InChI is InChI=1S/C27H28BrNO3/c1-2-32-25-15-14-23(28)17-24(25)26(29-16-6-9-22(18-29)27(30)31)21-12-10-20(11-13-21)19-7-4-3-5-8-19/h3-5,7-8,10-15,17,22,26H,2,6,9,16,18H2,1H3,(H,30,31). The van der Waals surface area contributed by atoms with E-state index in [1.807, 2.05) is 37.3 Å². The SMILES string of the molecule is CCOc1ccc(Br)cc1C(c1ccc(-c2ccccc2)cc1)N1CCCC(C(=O)O)C1. The number of aliphatic carboxylic acids is 1. The Labute approximate surface area is 198 Å². The van der Waals surface area contributed by atoms with Crippen LogP contribution < -0.4 is 4.74 Å². The highest BCUT2D eigenvalue weighted by Gasteiger charge is 2.32. The van der Waals surface area contributed by atoms with E-state index in [0.29, 0.717) is 13.2 Å². The third kappa shape index (κ3) is 5.05. The zero-order chi connectivity index (χ0) is 22.5. The molecule has 0 aromatic heterocycles. The Hall–Kier alpha value is -2.63. The summed E-state index contributed by atoms with van der Waals surface area (Å²) in [5.74, 6) is -0.227. The molecule has 0 bridgehead atoms. The Morgan fingerprint density at radius 3 is 2.50 bits per heavy atom. The maximum absolute atomic E-state index is 11.8. The number of nitrogens with zero attached hydrogens (tertiary/aromatic N) is 1. The van der Waals surface area contributed by atoms with Crippen molar-refractivity contribution in [2.75, 3.05) is 19.7 Å². The monoisotopic (exact) mass is 493 g/mol. The molecule has 1 saturated heterocycles. The highest BCUT2D eigenvalue weighted by atomic mass is 79.9. The van der Waals surface area contributed by atoms with Gasteiger partial charge in [-0.1, -0.05) is 70.5 Å². The summed E-state index contributed by atoms with van der Waals surface area (Å²) in [7, 11) is 0. The zero-order valence-electron chi connectivity index (χ0n) is 18.2. The molecule has 3 aromatic carbocycles. The second-order valence-electron chi connectivity index (χ2n) is 8.18. The van der Waals surface area contributed by atoms with Gasteiger partial charge in [-0.2, -0.15) is 0 Å². The van der Waals surface area contributed by atoms with Crippen molar-refractivity contribution >= 4 is 21.9 Å². The summed E-state index contributed by atoms with van der Waals surface area (Å²) in [5, 5.41) is 9.67. The second-order valence-corrected chi connectivity index (χ2v) is 9.09. The number of carbonyl (C=O) groups is 1. The molecule has 166 valence electrons. The minimum Gasteiger partial charge on any atom is -0.494 e. The topological polar surface area (TPSA) is 49.8 Å². The number of hydrogen-bond donors (Lipinski definition) is 1. The highest BCUT2D eigenvalue weighted by Crippen LogP contribution is 2.39. The molecule has 5 heteroatoms. The van der Waals surface area contributed by atoms with Crippen LogP contribution in [0.15, 0.2) is 77.3 Å². The van der Waals surface area contributed by atoms with Crippen molar-refractivity contribution < 1.29 is 14.6 Å². The van der Waals surface area contributed by atoms with Crippen LogP contribution in [0.4, 0.5) is 0 Å². The van der Waals surface area contributed by atoms with Crippen molar-refractivity contribution in [3.63, 3.8) is 0 Å². The summed E-state index contributed by atoms with van der Waals surface area (Å²) < 4.78 is 6.97. The molecular weight excluding hydrogens is 466 g/mol. The molecule has 2 atom stereocenters. The van der Waals surface area contributed by atoms with Crippen LogP contribution in [-0.4, -0.2) is 35.7 Å². The van der Waals surface area contributed by atoms with Crippen molar-refractivity contribution in [2.24, 2.45) is 5.92 Å². The lowest BCUT2D eigenvalue weighted by Gasteiger charge is -2.38. The van der Waals surface area contributed by atoms with E-state index in [-0.39, 0.29) is 12.0 Å². The number of rotatable bonds is 7. The van der Waals surface area contributed by atoms with Crippen LogP contribution in [0.25, 0.3) is 11.1 Å². The third-order valence-corrected chi connectivity index (χ3v) is 6.56. The fourth-order valence-electron chi connectivity index (χ4n) is 4.54. The smallest absolute Gasteiger partial charge is 0.307 e. The Bertz CT molecular complexity index is 1050. The van der Waals surface area contributed by atoms with Crippen LogP contribution in [0.1, 0.15) is 36.9 Å². The molecule has 1 heterocycles. The molecule has 1 aliphatic rings. The lowest BCUT2D eigenvalue weighted by Crippen LogP contribution is -2.41. The molecule has 3 aromatic rings. The molecular formula is C27H28BrNO3. The number of benzene rings is 3. The minimum absolute atomic E-state index is 0.0824. The number of carboxylic acids is 1. The molecule has 0 amide bonds. The van der Waals surface area contributed by atoms with Crippen LogP contribution in [0.2, 0.25) is 0 Å². The van der Waals surface area contributed by atoms with Gasteiger partial charge in [-0.05, 0) is 61.2 Å². The maximum Gasteiger partial charge on any atom is 0.307 e. The van der Waals surface area contributed by atoms with Gasteiger partial charge in [0.1, 0.15) is 5.75 Å². The lowest BCUT2D eigenvalue weighted by molar-refractivity contribution is -0.143. The number of ether oxygens (including phenoxy) is 1. The Morgan fingerprint density at radius 2 is 1.81 bits per heavy atom. The molecule has 1 fully saturated rings. The van der Waals surface area contributed by atoms with E-state index in [9.17, 15) is 9.90 Å². The molecule has 1 aliphatic heterocycles. The summed E-state index contributed by atoms with van der Waals surface area (Å²) in [6.07, 6.45) is 1.59. The first kappa shape index (κ1) is 22.6. The number of piperidine rings is 1. The Kier molecular flexibility index (Phi) is 7.28. The van der Waals surface area contributed by atoms with Crippen molar-refractivity contribution in [3.05, 3.63) is 88.4 Å². The first-order chi connectivity index (χ1) is 15.6. The van der Waals surface area contributed by atoms with Crippen molar-refractivity contribution in [1.82, 2.24) is 4.90 Å². The molecule has 4 nitrogen and oxygen atoms in total. The summed E-state index contributed by atoms with van der Waals surface area (Å²) in [4.78, 5) is 14.1. The lowest BCUT2D eigenvalue weighted by atomic mass is 9.90. The quantitative estimate of drug-likeness (QED) is 0.413. The summed E-state index contributed by atoms with van der Waals surface area (Å²) in [6.45, 7) is 3.94. The van der Waals surface area contributed by atoms with Gasteiger partial charge < -0.3 is 9.84 Å². The molecule has 0 spiro atoms. The van der Waals surface area contributed by atoms with E-state index in [1.165, 1.54) is 5.56 Å². The third-order valence-electron chi connectivity index (χ3n) is 6.07. The van der Waals surface area contributed by atoms with Crippen molar-refractivity contribution in [1.29, 1.82) is 0 Å². The molecule has 2 unspecified atom stereocenters. The van der Waals surface area contributed by atoms with E-state index in [4.69, 9.17) is 4.74 Å². The average Bonchev–Trinajstić information content (AvgIpc) is 2.82. The van der Waals surface area contributed by atoms with Gasteiger partial charge in [0.05, 0.1) is 18.6 Å². The number of hydrogen-bond acceptors (Lipinski definition) is 3. The molecule has 0 radical (unpaired) electrons. The van der Waals surface area contributed by atoms with Gasteiger partial charge >= 0.3 is 5.97 Å². The van der Waals surface area contributed by atoms with Gasteiger partial charge in [-0.25, -0.2) is 0 Å². The maximum atomic E-state index is 11.8. The van der Waals surface area contributed by atoms with Gasteiger partial charge in [0.15, 0.2) is 0 Å². The Balaban J connectivity index is 1.76. The van der Waals surface area contributed by atoms with Crippen molar-refractivity contribution in [3.8, 4) is 16.9 Å². The molecule has 0 aliphatic carbocycles. The molecule has 0 saturated carbocycles. The number of carboxylic acid groups (broad SMARTS) is 1. The number of likely N-dealkylation sites (tertiary alicyclic amines) is 1. The summed E-state index contributed by atoms with van der Waals surface area (Å²) in [6, 6.07) is 24.9. The minimum atomic E-state index is -0.716. The van der Waals surface area contributed by atoms with Gasteiger partial charge in [0.25, 0.3) is 0 Å². The van der Waals surface area contributed by atoms with Crippen LogP contribution in [0, 0.1) is 5.92 Å². The van der Waals surface area contributed by atoms with E-state index in [1.54, 1.807) is 0 Å². The summed E-state index contributed by atoms with van der Waals surface area (Å²) in [5.41, 5.74) is 4.53. The van der Waals surface area contributed by atoms with Crippen LogP contribution in [-0.2, 0) is 4.79 Å². The molecule has 32 heavy (non-hydrogen) atoms. The van der Waals surface area contributed by atoms with E-state index >= 15 is 0 Å². The van der Waals surface area contributed by atoms with E-state index in [0.717, 1.165) is 46.3 Å². The largest absolute Gasteiger partial charge is 0.494 e. The van der Waals surface area contributed by atoms with Gasteiger partial charge in [-0.3, -0.25) is 9.69 Å². The van der Waals surface area contributed by atoms with Gasteiger partial charge in [0, 0.05) is 16.6 Å².